The molecule has 4 N–H and O–H groups in total. The van der Waals surface area contributed by atoms with Gasteiger partial charge in [-0.25, -0.2) is 4.98 Å². The predicted molar refractivity (Wildman–Crippen MR) is 128 cm³/mol. The summed E-state index contributed by atoms with van der Waals surface area (Å²) in [4.78, 5) is 30.2. The van der Waals surface area contributed by atoms with E-state index < -0.39 is 0 Å². The Morgan fingerprint density at radius 3 is 2.39 bits per heavy atom. The van der Waals surface area contributed by atoms with E-state index >= 15 is 0 Å². The van der Waals surface area contributed by atoms with E-state index in [1.54, 1.807) is 24.3 Å². The Kier molecular flexibility index (Phi) is 5.47. The molecule has 0 fully saturated rings. The van der Waals surface area contributed by atoms with Gasteiger partial charge in [0.15, 0.2) is 0 Å². The summed E-state index contributed by atoms with van der Waals surface area (Å²) in [7, 11) is 0. The molecule has 3 aromatic rings. The number of carbonyl (C=O) groups excluding carboxylic acids is 2. The van der Waals surface area contributed by atoms with Crippen molar-refractivity contribution in [3.63, 3.8) is 0 Å². The maximum Gasteiger partial charge on any atom is 0.267 e. The van der Waals surface area contributed by atoms with Crippen molar-refractivity contribution in [1.82, 2.24) is 4.98 Å². The number of amides is 2. The lowest BCUT2D eigenvalue weighted by molar-refractivity contribution is -0.114. The van der Waals surface area contributed by atoms with Crippen molar-refractivity contribution in [1.29, 1.82) is 0 Å². The van der Waals surface area contributed by atoms with Crippen molar-refractivity contribution in [2.75, 3.05) is 16.4 Å². The van der Waals surface area contributed by atoms with Crippen molar-refractivity contribution >= 4 is 50.4 Å². The zero-order valence-corrected chi connectivity index (χ0v) is 19.2. The molecule has 2 amide bonds. The number of nitrogens with zero attached hydrogens (tertiary/aromatic N) is 1. The van der Waals surface area contributed by atoms with E-state index in [0.29, 0.717) is 27.9 Å². The number of carbonyl (C=O) groups is 2. The quantitative estimate of drug-likeness (QED) is 0.523. The van der Waals surface area contributed by atoms with Gasteiger partial charge in [-0.1, -0.05) is 20.8 Å². The molecule has 31 heavy (non-hydrogen) atoms. The summed E-state index contributed by atoms with van der Waals surface area (Å²) in [6.07, 6.45) is 3.10. The topological polar surface area (TPSA) is 97.1 Å². The number of benzene rings is 1. The molecule has 0 bridgehead atoms. The second-order valence-electron chi connectivity index (χ2n) is 9.31. The van der Waals surface area contributed by atoms with Crippen molar-refractivity contribution in [3.8, 4) is 0 Å². The van der Waals surface area contributed by atoms with Crippen LogP contribution >= 0.6 is 11.3 Å². The van der Waals surface area contributed by atoms with Gasteiger partial charge in [-0.2, -0.15) is 0 Å². The van der Waals surface area contributed by atoms with Gasteiger partial charge in [0.25, 0.3) is 5.91 Å². The number of anilines is 3. The summed E-state index contributed by atoms with van der Waals surface area (Å²) in [5, 5.41) is 6.46. The number of aryl methyl sites for hydroxylation is 1. The predicted octanol–water partition coefficient (Wildman–Crippen LogP) is 5.24. The highest BCUT2D eigenvalue weighted by Crippen LogP contribution is 2.40. The number of thiophene rings is 1. The molecule has 0 saturated carbocycles. The molecule has 0 spiro atoms. The fourth-order valence-corrected chi connectivity index (χ4v) is 5.12. The molecule has 1 aliphatic carbocycles. The Labute approximate surface area is 186 Å². The Balaban J connectivity index is 1.58. The second kappa shape index (κ2) is 7.96. The molecular weight excluding hydrogens is 408 g/mol. The highest BCUT2D eigenvalue weighted by atomic mass is 32.1. The van der Waals surface area contributed by atoms with Gasteiger partial charge < -0.3 is 16.4 Å². The lowest BCUT2D eigenvalue weighted by atomic mass is 9.71. The van der Waals surface area contributed by atoms with E-state index in [1.165, 1.54) is 23.8 Å². The third kappa shape index (κ3) is 4.42. The fourth-order valence-electron chi connectivity index (χ4n) is 4.13. The van der Waals surface area contributed by atoms with E-state index in [-0.39, 0.29) is 17.2 Å². The van der Waals surface area contributed by atoms with Crippen LogP contribution < -0.4 is 16.4 Å². The molecule has 4 rings (SSSR count). The molecule has 2 aromatic heterocycles. The lowest BCUT2D eigenvalue weighted by Crippen LogP contribution is -2.27. The van der Waals surface area contributed by atoms with Crippen molar-refractivity contribution in [2.24, 2.45) is 11.3 Å². The summed E-state index contributed by atoms with van der Waals surface area (Å²) >= 11 is 1.34. The van der Waals surface area contributed by atoms with Crippen LogP contribution in [-0.2, 0) is 17.6 Å². The number of fused-ring (bicyclic) bond motifs is 2. The number of hydrogen-bond donors (Lipinski definition) is 3. The van der Waals surface area contributed by atoms with Gasteiger partial charge in [-0.15, -0.1) is 11.3 Å². The molecular formula is C24H28N4O2S. The number of rotatable bonds is 3. The van der Waals surface area contributed by atoms with E-state index in [9.17, 15) is 9.59 Å². The number of nitrogens with one attached hydrogen (secondary N) is 2. The Morgan fingerprint density at radius 1 is 1.13 bits per heavy atom. The molecule has 0 saturated heterocycles. The average Bonchev–Trinajstić information content (AvgIpc) is 3.02. The smallest absolute Gasteiger partial charge is 0.267 e. The van der Waals surface area contributed by atoms with Crippen LogP contribution in [0.15, 0.2) is 30.3 Å². The molecule has 6 nitrogen and oxygen atoms in total. The van der Waals surface area contributed by atoms with Gasteiger partial charge in [-0.3, -0.25) is 9.59 Å². The van der Waals surface area contributed by atoms with Crippen LogP contribution in [0.4, 0.5) is 17.1 Å². The first-order valence-corrected chi connectivity index (χ1v) is 11.3. The van der Waals surface area contributed by atoms with Crippen LogP contribution in [0.3, 0.4) is 0 Å². The highest BCUT2D eigenvalue weighted by Gasteiger charge is 2.30. The van der Waals surface area contributed by atoms with Gasteiger partial charge >= 0.3 is 0 Å². The third-order valence-electron chi connectivity index (χ3n) is 5.98. The van der Waals surface area contributed by atoms with E-state index in [0.717, 1.165) is 35.2 Å². The van der Waals surface area contributed by atoms with Crippen LogP contribution in [0.1, 0.15) is 55.0 Å². The van der Waals surface area contributed by atoms with Gasteiger partial charge in [0.2, 0.25) is 5.91 Å². The number of pyridine rings is 1. The first-order valence-electron chi connectivity index (χ1n) is 10.5. The van der Waals surface area contributed by atoms with Crippen molar-refractivity contribution in [3.05, 3.63) is 46.5 Å². The first-order chi connectivity index (χ1) is 14.6. The SMILES string of the molecule is CC(=O)Nc1ccc(NC(=O)c2sc3nc4c(cc3c2N)CC(C(C)(C)C)CC4)cc1. The molecule has 1 atom stereocenters. The summed E-state index contributed by atoms with van der Waals surface area (Å²) in [6.45, 7) is 8.32. The van der Waals surface area contributed by atoms with Gasteiger partial charge in [0.05, 0.1) is 5.69 Å². The molecule has 1 aromatic carbocycles. The van der Waals surface area contributed by atoms with Crippen molar-refractivity contribution < 1.29 is 9.59 Å². The third-order valence-corrected chi connectivity index (χ3v) is 7.09. The van der Waals surface area contributed by atoms with E-state index in [4.69, 9.17) is 10.7 Å². The van der Waals surface area contributed by atoms with Crippen LogP contribution in [0.25, 0.3) is 10.2 Å². The second-order valence-corrected chi connectivity index (χ2v) is 10.3. The molecule has 0 aliphatic heterocycles. The van der Waals surface area contributed by atoms with Crippen LogP contribution in [-0.4, -0.2) is 16.8 Å². The number of nitrogen functional groups attached to an aromatic ring is 1. The standard InChI is InChI=1S/C24H28N4O2S/c1-13(29)26-16-6-8-17(9-7-16)27-22(30)21-20(25)18-12-14-11-15(24(2,3)4)5-10-19(14)28-23(18)31-21/h6-9,12,15H,5,10-11,25H2,1-4H3,(H,26,29)(H,27,30). The monoisotopic (exact) mass is 436 g/mol. The molecule has 2 heterocycles. The fraction of sp³-hybridized carbons (Fsp3) is 0.375. The summed E-state index contributed by atoms with van der Waals surface area (Å²) in [6, 6.07) is 9.12. The van der Waals surface area contributed by atoms with Crippen LogP contribution in [0, 0.1) is 11.3 Å². The maximum atomic E-state index is 12.9. The van der Waals surface area contributed by atoms with E-state index in [1.807, 2.05) is 0 Å². The zero-order valence-electron chi connectivity index (χ0n) is 18.3. The summed E-state index contributed by atoms with van der Waals surface area (Å²) in [5.74, 6) is 0.222. The van der Waals surface area contributed by atoms with Gasteiger partial charge in [0.1, 0.15) is 9.71 Å². The largest absolute Gasteiger partial charge is 0.397 e. The number of hydrogen-bond acceptors (Lipinski definition) is 5. The Morgan fingerprint density at radius 2 is 1.77 bits per heavy atom. The molecule has 1 aliphatic rings. The Hall–Kier alpha value is -2.93. The minimum absolute atomic E-state index is 0.140. The van der Waals surface area contributed by atoms with Crippen LogP contribution in [0.2, 0.25) is 0 Å². The van der Waals surface area contributed by atoms with Crippen LogP contribution in [0.5, 0.6) is 0 Å². The minimum Gasteiger partial charge on any atom is -0.397 e. The normalized spacial score (nSPS) is 16.1. The molecule has 0 radical (unpaired) electrons. The maximum absolute atomic E-state index is 12.9. The highest BCUT2D eigenvalue weighted by molar-refractivity contribution is 7.21. The molecule has 1 unspecified atom stereocenters. The zero-order chi connectivity index (χ0) is 22.3. The average molecular weight is 437 g/mol. The summed E-state index contributed by atoms with van der Waals surface area (Å²) < 4.78 is 0. The number of nitrogens with two attached hydrogens (primary N) is 1. The summed E-state index contributed by atoms with van der Waals surface area (Å²) in [5.41, 5.74) is 10.8. The molecule has 7 heteroatoms. The van der Waals surface area contributed by atoms with Gasteiger partial charge in [0, 0.05) is 29.4 Å². The van der Waals surface area contributed by atoms with E-state index in [2.05, 4.69) is 37.5 Å². The lowest BCUT2D eigenvalue weighted by Gasteiger charge is -2.34. The Bertz CT molecular complexity index is 1160. The molecule has 162 valence electrons. The minimum atomic E-state index is -0.252. The van der Waals surface area contributed by atoms with Crippen molar-refractivity contribution in [2.45, 2.75) is 47.0 Å². The number of aromatic nitrogens is 1. The first kappa shape index (κ1) is 21.3. The van der Waals surface area contributed by atoms with Gasteiger partial charge in [-0.05, 0) is 66.5 Å².